The molecule has 0 saturated heterocycles. The highest BCUT2D eigenvalue weighted by molar-refractivity contribution is 5.87. The molecule has 6 heteroatoms. The van der Waals surface area contributed by atoms with Crippen molar-refractivity contribution in [3.8, 4) is 6.07 Å². The standard InChI is InChI=1S/C13H15N3O3/c1-19-8-12(17)16-11(13(15)18)6-9-3-2-4-10(5-9)7-14/h2-5,11H,6,8H2,1H3,(H2,15,18)(H,16,17)/t11-/m1/s1. The summed E-state index contributed by atoms with van der Waals surface area (Å²) in [5.41, 5.74) is 6.48. The number of hydrogen-bond donors (Lipinski definition) is 2. The first-order valence-electron chi connectivity index (χ1n) is 5.63. The van der Waals surface area contributed by atoms with Crippen LogP contribution in [0, 0.1) is 11.3 Å². The molecule has 0 bridgehead atoms. The Labute approximate surface area is 111 Å². The smallest absolute Gasteiger partial charge is 0.246 e. The van der Waals surface area contributed by atoms with Crippen LogP contribution in [0.4, 0.5) is 0 Å². The van der Waals surface area contributed by atoms with Gasteiger partial charge in [-0.1, -0.05) is 12.1 Å². The summed E-state index contributed by atoms with van der Waals surface area (Å²) >= 11 is 0. The van der Waals surface area contributed by atoms with Crippen molar-refractivity contribution in [3.63, 3.8) is 0 Å². The minimum Gasteiger partial charge on any atom is -0.375 e. The van der Waals surface area contributed by atoms with Gasteiger partial charge >= 0.3 is 0 Å². The van der Waals surface area contributed by atoms with Crippen LogP contribution in [0.5, 0.6) is 0 Å². The lowest BCUT2D eigenvalue weighted by molar-refractivity contribution is -0.129. The van der Waals surface area contributed by atoms with Gasteiger partial charge in [0, 0.05) is 13.5 Å². The van der Waals surface area contributed by atoms with E-state index in [0.717, 1.165) is 5.56 Å². The quantitative estimate of drug-likeness (QED) is 0.734. The molecule has 19 heavy (non-hydrogen) atoms. The number of methoxy groups -OCH3 is 1. The maximum atomic E-state index is 11.4. The van der Waals surface area contributed by atoms with Crippen LogP contribution in [0.2, 0.25) is 0 Å². The van der Waals surface area contributed by atoms with Crippen LogP contribution in [-0.4, -0.2) is 31.6 Å². The minimum atomic E-state index is -0.823. The highest BCUT2D eigenvalue weighted by Gasteiger charge is 2.18. The van der Waals surface area contributed by atoms with Crippen LogP contribution in [0.1, 0.15) is 11.1 Å². The van der Waals surface area contributed by atoms with Crippen LogP contribution >= 0.6 is 0 Å². The predicted octanol–water partition coefficient (Wildman–Crippen LogP) is -0.283. The molecule has 1 rings (SSSR count). The molecule has 1 aromatic carbocycles. The minimum absolute atomic E-state index is 0.137. The third-order valence-electron chi connectivity index (χ3n) is 2.45. The normalized spacial score (nSPS) is 11.4. The highest BCUT2D eigenvalue weighted by Crippen LogP contribution is 2.07. The van der Waals surface area contributed by atoms with Gasteiger partial charge in [0.05, 0.1) is 11.6 Å². The number of benzene rings is 1. The van der Waals surface area contributed by atoms with E-state index in [9.17, 15) is 9.59 Å². The molecule has 0 unspecified atom stereocenters. The third-order valence-corrected chi connectivity index (χ3v) is 2.45. The molecule has 100 valence electrons. The van der Waals surface area contributed by atoms with E-state index in [1.54, 1.807) is 24.3 Å². The molecule has 3 N–H and O–H groups in total. The number of nitrogens with two attached hydrogens (primary N) is 1. The second-order valence-corrected chi connectivity index (χ2v) is 3.97. The molecular formula is C13H15N3O3. The predicted molar refractivity (Wildman–Crippen MR) is 67.9 cm³/mol. The van der Waals surface area contributed by atoms with Crippen molar-refractivity contribution in [2.75, 3.05) is 13.7 Å². The molecule has 6 nitrogen and oxygen atoms in total. The van der Waals surface area contributed by atoms with Gasteiger partial charge in [0.2, 0.25) is 11.8 Å². The molecule has 0 heterocycles. The van der Waals surface area contributed by atoms with Crippen molar-refractivity contribution in [3.05, 3.63) is 35.4 Å². The number of nitrogens with zero attached hydrogens (tertiary/aromatic N) is 1. The summed E-state index contributed by atoms with van der Waals surface area (Å²) in [6.07, 6.45) is 0.236. The van der Waals surface area contributed by atoms with Crippen LogP contribution in [0.25, 0.3) is 0 Å². The summed E-state index contributed by atoms with van der Waals surface area (Å²) in [6, 6.07) is 7.97. The first-order chi connectivity index (χ1) is 9.06. The number of primary amides is 1. The fourth-order valence-electron chi connectivity index (χ4n) is 1.59. The van der Waals surface area contributed by atoms with Gasteiger partial charge in [-0.2, -0.15) is 5.26 Å². The number of hydrogen-bond acceptors (Lipinski definition) is 4. The Kier molecular flexibility index (Phi) is 5.51. The average Bonchev–Trinajstić information content (AvgIpc) is 2.38. The molecule has 0 aliphatic rings. The Morgan fingerprint density at radius 3 is 2.84 bits per heavy atom. The summed E-state index contributed by atoms with van der Waals surface area (Å²) in [5, 5.41) is 11.3. The second-order valence-electron chi connectivity index (χ2n) is 3.97. The number of nitriles is 1. The van der Waals surface area contributed by atoms with E-state index in [2.05, 4.69) is 10.1 Å². The number of carbonyl (C=O) groups excluding carboxylic acids is 2. The zero-order valence-corrected chi connectivity index (χ0v) is 10.6. The molecule has 1 aromatic rings. The van der Waals surface area contributed by atoms with E-state index in [-0.39, 0.29) is 13.0 Å². The Morgan fingerprint density at radius 2 is 2.26 bits per heavy atom. The van der Waals surface area contributed by atoms with Crippen molar-refractivity contribution in [2.24, 2.45) is 5.73 Å². The number of ether oxygens (including phenoxy) is 1. The fourth-order valence-corrected chi connectivity index (χ4v) is 1.59. The van der Waals surface area contributed by atoms with Gasteiger partial charge in [-0.25, -0.2) is 0 Å². The Hall–Kier alpha value is -2.39. The van der Waals surface area contributed by atoms with Gasteiger partial charge < -0.3 is 15.8 Å². The lowest BCUT2D eigenvalue weighted by Crippen LogP contribution is -2.47. The Morgan fingerprint density at radius 1 is 1.53 bits per heavy atom. The van der Waals surface area contributed by atoms with Crippen molar-refractivity contribution < 1.29 is 14.3 Å². The van der Waals surface area contributed by atoms with E-state index in [1.807, 2.05) is 6.07 Å². The molecule has 0 aliphatic heterocycles. The first-order valence-corrected chi connectivity index (χ1v) is 5.63. The lowest BCUT2D eigenvalue weighted by Gasteiger charge is -2.15. The average molecular weight is 261 g/mol. The van der Waals surface area contributed by atoms with Crippen LogP contribution in [0.15, 0.2) is 24.3 Å². The Balaban J connectivity index is 2.75. The molecule has 0 fully saturated rings. The van der Waals surface area contributed by atoms with Crippen molar-refractivity contribution in [2.45, 2.75) is 12.5 Å². The SMILES string of the molecule is COCC(=O)N[C@H](Cc1cccc(C#N)c1)C(N)=O. The second kappa shape index (κ2) is 7.13. The zero-order chi connectivity index (χ0) is 14.3. The molecule has 0 saturated carbocycles. The zero-order valence-electron chi connectivity index (χ0n) is 10.6. The van der Waals surface area contributed by atoms with Crippen molar-refractivity contribution in [1.82, 2.24) is 5.32 Å². The van der Waals surface area contributed by atoms with Crippen molar-refractivity contribution >= 4 is 11.8 Å². The molecule has 0 aliphatic carbocycles. The van der Waals surface area contributed by atoms with E-state index in [4.69, 9.17) is 11.0 Å². The van der Waals surface area contributed by atoms with E-state index in [1.165, 1.54) is 7.11 Å². The van der Waals surface area contributed by atoms with Gasteiger partial charge in [0.15, 0.2) is 0 Å². The summed E-state index contributed by atoms with van der Waals surface area (Å²) < 4.78 is 4.66. The monoisotopic (exact) mass is 261 g/mol. The van der Waals surface area contributed by atoms with Gasteiger partial charge in [-0.15, -0.1) is 0 Å². The van der Waals surface area contributed by atoms with Crippen LogP contribution < -0.4 is 11.1 Å². The number of carbonyl (C=O) groups is 2. The van der Waals surface area contributed by atoms with E-state index in [0.29, 0.717) is 5.56 Å². The number of rotatable bonds is 6. The largest absolute Gasteiger partial charge is 0.375 e. The summed E-state index contributed by atoms with van der Waals surface area (Å²) in [6.45, 7) is -0.137. The summed E-state index contributed by atoms with van der Waals surface area (Å²) in [7, 11) is 1.38. The van der Waals surface area contributed by atoms with Crippen LogP contribution in [0.3, 0.4) is 0 Å². The fraction of sp³-hybridized carbons (Fsp3) is 0.308. The third kappa shape index (κ3) is 4.77. The maximum absolute atomic E-state index is 11.4. The van der Waals surface area contributed by atoms with Gasteiger partial charge in [-0.3, -0.25) is 9.59 Å². The summed E-state index contributed by atoms with van der Waals surface area (Å²) in [4.78, 5) is 22.7. The molecule has 2 amide bonds. The Bertz CT molecular complexity index is 508. The van der Waals surface area contributed by atoms with E-state index >= 15 is 0 Å². The molecule has 0 radical (unpaired) electrons. The van der Waals surface area contributed by atoms with Gasteiger partial charge in [-0.05, 0) is 17.7 Å². The number of amides is 2. The maximum Gasteiger partial charge on any atom is 0.246 e. The van der Waals surface area contributed by atoms with Crippen molar-refractivity contribution in [1.29, 1.82) is 5.26 Å². The van der Waals surface area contributed by atoms with Gasteiger partial charge in [0.25, 0.3) is 0 Å². The van der Waals surface area contributed by atoms with Gasteiger partial charge in [0.1, 0.15) is 12.6 Å². The lowest BCUT2D eigenvalue weighted by atomic mass is 10.0. The molecule has 1 atom stereocenters. The first kappa shape index (κ1) is 14.7. The van der Waals surface area contributed by atoms with Crippen LogP contribution in [-0.2, 0) is 20.7 Å². The summed E-state index contributed by atoms with van der Waals surface area (Å²) in [5.74, 6) is -1.05. The molecular weight excluding hydrogens is 246 g/mol. The number of nitrogens with one attached hydrogen (secondary N) is 1. The highest BCUT2D eigenvalue weighted by atomic mass is 16.5. The molecule has 0 spiro atoms. The molecule has 0 aromatic heterocycles. The van der Waals surface area contributed by atoms with E-state index < -0.39 is 17.9 Å². The topological polar surface area (TPSA) is 105 Å².